The minimum atomic E-state index is -0.608. The molecule has 2 aromatic rings. The van der Waals surface area contributed by atoms with Gasteiger partial charge in [-0.3, -0.25) is 14.4 Å². The molecule has 182 valence electrons. The van der Waals surface area contributed by atoms with Crippen LogP contribution in [-0.2, 0) is 19.1 Å². The number of esters is 1. The number of carbonyl (C=O) groups is 4. The van der Waals surface area contributed by atoms with Crippen LogP contribution in [0.2, 0.25) is 0 Å². The van der Waals surface area contributed by atoms with Gasteiger partial charge in [-0.1, -0.05) is 54.6 Å². The van der Waals surface area contributed by atoms with Crippen LogP contribution in [0.4, 0.5) is 4.79 Å². The molecule has 2 aromatic carbocycles. The molecule has 9 nitrogen and oxygen atoms in total. The topological polar surface area (TPSA) is 126 Å². The van der Waals surface area contributed by atoms with E-state index in [0.717, 1.165) is 16.7 Å². The summed E-state index contributed by atoms with van der Waals surface area (Å²) in [7, 11) is 1.29. The van der Waals surface area contributed by atoms with Crippen molar-refractivity contribution in [2.75, 3.05) is 20.2 Å². The van der Waals surface area contributed by atoms with Crippen molar-refractivity contribution in [1.29, 1.82) is 0 Å². The van der Waals surface area contributed by atoms with E-state index in [4.69, 9.17) is 4.74 Å². The van der Waals surface area contributed by atoms with E-state index >= 15 is 0 Å². The number of carbonyl (C=O) groups excluding carboxylic acids is 4. The van der Waals surface area contributed by atoms with E-state index in [1.54, 1.807) is 0 Å². The van der Waals surface area contributed by atoms with Gasteiger partial charge in [0.25, 0.3) is 0 Å². The Bertz CT molecular complexity index is 961. The van der Waals surface area contributed by atoms with Crippen molar-refractivity contribution in [3.63, 3.8) is 0 Å². The van der Waals surface area contributed by atoms with Crippen LogP contribution < -0.4 is 21.3 Å². The summed E-state index contributed by atoms with van der Waals surface area (Å²) >= 11 is 0. The molecule has 0 heterocycles. The summed E-state index contributed by atoms with van der Waals surface area (Å²) in [5, 5.41) is 10.5. The van der Waals surface area contributed by atoms with E-state index in [0.29, 0.717) is 0 Å². The van der Waals surface area contributed by atoms with Gasteiger partial charge in [-0.2, -0.15) is 0 Å². The Labute approximate surface area is 199 Å². The van der Waals surface area contributed by atoms with Gasteiger partial charge in [0, 0.05) is 19.0 Å². The number of hydrogen-bond donors (Lipinski definition) is 4. The maximum atomic E-state index is 12.4. The van der Waals surface area contributed by atoms with Crippen LogP contribution in [0.3, 0.4) is 0 Å². The van der Waals surface area contributed by atoms with Crippen molar-refractivity contribution in [3.8, 4) is 11.1 Å². The first-order valence-corrected chi connectivity index (χ1v) is 11.1. The molecule has 34 heavy (non-hydrogen) atoms. The van der Waals surface area contributed by atoms with Crippen molar-refractivity contribution in [2.24, 2.45) is 0 Å². The molecule has 0 aliphatic heterocycles. The van der Waals surface area contributed by atoms with E-state index in [-0.39, 0.29) is 43.9 Å². The van der Waals surface area contributed by atoms with Crippen LogP contribution in [0, 0.1) is 0 Å². The number of hydrogen-bond acceptors (Lipinski definition) is 5. The molecule has 4 amide bonds. The van der Waals surface area contributed by atoms with E-state index in [1.165, 1.54) is 7.11 Å². The van der Waals surface area contributed by atoms with Gasteiger partial charge in [-0.25, -0.2) is 4.79 Å². The van der Waals surface area contributed by atoms with Crippen molar-refractivity contribution in [3.05, 3.63) is 60.2 Å². The van der Waals surface area contributed by atoms with E-state index < -0.39 is 17.9 Å². The summed E-state index contributed by atoms with van der Waals surface area (Å²) in [6, 6.07) is 16.4. The number of amides is 4. The molecule has 0 fully saturated rings. The Kier molecular flexibility index (Phi) is 10.6. The summed E-state index contributed by atoms with van der Waals surface area (Å²) < 4.78 is 4.76. The van der Waals surface area contributed by atoms with Gasteiger partial charge < -0.3 is 26.0 Å². The second kappa shape index (κ2) is 13.6. The molecule has 2 rings (SSSR count). The predicted octanol–water partition coefficient (Wildman–Crippen LogP) is 2.29. The van der Waals surface area contributed by atoms with Crippen LogP contribution in [0.25, 0.3) is 11.1 Å². The summed E-state index contributed by atoms with van der Waals surface area (Å²) in [5.74, 6) is -1.29. The smallest absolute Gasteiger partial charge is 0.315 e. The van der Waals surface area contributed by atoms with Crippen LogP contribution in [0.1, 0.15) is 38.3 Å². The molecule has 0 spiro atoms. The van der Waals surface area contributed by atoms with Gasteiger partial charge >= 0.3 is 12.0 Å². The number of nitrogens with one attached hydrogen (secondary N) is 4. The first-order chi connectivity index (χ1) is 16.3. The first-order valence-electron chi connectivity index (χ1n) is 11.1. The zero-order valence-corrected chi connectivity index (χ0v) is 19.7. The third kappa shape index (κ3) is 9.32. The lowest BCUT2D eigenvalue weighted by Crippen LogP contribution is -2.42. The van der Waals surface area contributed by atoms with E-state index in [9.17, 15) is 19.2 Å². The molecule has 1 atom stereocenters. The number of ether oxygens (including phenoxy) is 1. The highest BCUT2D eigenvalue weighted by Crippen LogP contribution is 2.23. The molecule has 1 unspecified atom stereocenters. The minimum Gasteiger partial charge on any atom is -0.469 e. The Hall–Kier alpha value is -3.88. The third-order valence-corrected chi connectivity index (χ3v) is 4.86. The van der Waals surface area contributed by atoms with Crippen LogP contribution in [0.5, 0.6) is 0 Å². The quantitative estimate of drug-likeness (QED) is 0.377. The second-order valence-electron chi connectivity index (χ2n) is 7.97. The van der Waals surface area contributed by atoms with Crippen LogP contribution in [0.15, 0.2) is 54.6 Å². The molecule has 0 radical (unpaired) electrons. The summed E-state index contributed by atoms with van der Waals surface area (Å²) in [6.07, 6.45) is -0.0128. The highest BCUT2D eigenvalue weighted by molar-refractivity contribution is 5.85. The van der Waals surface area contributed by atoms with Gasteiger partial charge in [0.1, 0.15) is 0 Å². The summed E-state index contributed by atoms with van der Waals surface area (Å²) in [6.45, 7) is 3.55. The number of benzene rings is 2. The maximum absolute atomic E-state index is 12.4. The maximum Gasteiger partial charge on any atom is 0.315 e. The van der Waals surface area contributed by atoms with Crippen LogP contribution in [-0.4, -0.2) is 50.1 Å². The molecule has 0 bridgehead atoms. The van der Waals surface area contributed by atoms with Gasteiger partial charge in [0.2, 0.25) is 11.8 Å². The van der Waals surface area contributed by atoms with E-state index in [1.807, 2.05) is 68.4 Å². The lowest BCUT2D eigenvalue weighted by molar-refractivity contribution is -0.141. The molecule has 9 heteroatoms. The Morgan fingerprint density at radius 3 is 2.09 bits per heavy atom. The van der Waals surface area contributed by atoms with Crippen LogP contribution >= 0.6 is 0 Å². The summed E-state index contributed by atoms with van der Waals surface area (Å²) in [5.41, 5.74) is 2.81. The Morgan fingerprint density at radius 1 is 0.824 bits per heavy atom. The largest absolute Gasteiger partial charge is 0.469 e. The Morgan fingerprint density at radius 2 is 1.47 bits per heavy atom. The monoisotopic (exact) mass is 468 g/mol. The molecular weight excluding hydrogens is 436 g/mol. The normalized spacial score (nSPS) is 11.3. The highest BCUT2D eigenvalue weighted by atomic mass is 16.5. The number of urea groups is 1. The average molecular weight is 469 g/mol. The molecule has 0 aromatic heterocycles. The Balaban J connectivity index is 1.90. The molecule has 4 N–H and O–H groups in total. The highest BCUT2D eigenvalue weighted by Gasteiger charge is 2.19. The van der Waals surface area contributed by atoms with Crippen molar-refractivity contribution < 1.29 is 23.9 Å². The van der Waals surface area contributed by atoms with E-state index in [2.05, 4.69) is 21.3 Å². The zero-order chi connectivity index (χ0) is 24.9. The van der Waals surface area contributed by atoms with Gasteiger partial charge in [-0.05, 0) is 30.5 Å². The predicted molar refractivity (Wildman–Crippen MR) is 129 cm³/mol. The van der Waals surface area contributed by atoms with Gasteiger partial charge in [0.15, 0.2) is 0 Å². The van der Waals surface area contributed by atoms with Gasteiger partial charge in [0.05, 0.1) is 26.1 Å². The third-order valence-electron chi connectivity index (χ3n) is 4.86. The zero-order valence-electron chi connectivity index (χ0n) is 19.7. The molecular formula is C25H32N4O5. The standard InChI is InChI=1S/C25H32N4O5/c1-17(2)28-25(33)26-14-13-22(30)27-16-23(31)29-21(15-24(32)34-3)20-11-9-19(10-12-20)18-7-5-4-6-8-18/h4-12,17,21H,13-16H2,1-3H3,(H,27,30)(H,29,31)(H2,26,28,33). The van der Waals surface area contributed by atoms with Crippen molar-refractivity contribution >= 4 is 23.8 Å². The fourth-order valence-electron chi connectivity index (χ4n) is 3.16. The SMILES string of the molecule is COC(=O)CC(NC(=O)CNC(=O)CCNC(=O)NC(C)C)c1ccc(-c2ccccc2)cc1. The van der Waals surface area contributed by atoms with Crippen molar-refractivity contribution in [1.82, 2.24) is 21.3 Å². The molecule has 0 aliphatic rings. The molecule has 0 saturated carbocycles. The fourth-order valence-corrected chi connectivity index (χ4v) is 3.16. The number of methoxy groups -OCH3 is 1. The second-order valence-corrected chi connectivity index (χ2v) is 7.97. The lowest BCUT2D eigenvalue weighted by Gasteiger charge is -2.19. The summed E-state index contributed by atoms with van der Waals surface area (Å²) in [4.78, 5) is 47.8. The fraction of sp³-hybridized carbons (Fsp3) is 0.360. The van der Waals surface area contributed by atoms with Gasteiger partial charge in [-0.15, -0.1) is 0 Å². The molecule has 0 aliphatic carbocycles. The lowest BCUT2D eigenvalue weighted by atomic mass is 9.99. The minimum absolute atomic E-state index is 0.00926. The molecule has 0 saturated heterocycles. The number of rotatable bonds is 11. The van der Waals surface area contributed by atoms with Crippen molar-refractivity contribution in [2.45, 2.75) is 38.8 Å². The average Bonchev–Trinajstić information content (AvgIpc) is 2.82. The first kappa shape index (κ1) is 26.4.